The van der Waals surface area contributed by atoms with Gasteiger partial charge in [0.15, 0.2) is 5.96 Å². The number of hydrogen-bond donors (Lipinski definition) is 10. The minimum absolute atomic E-state index is 0.0751. The molecular formula is C26H43N9O7. The number of phenolic OH excluding ortho intramolecular Hbond substituents is 1. The molecular weight excluding hydrogens is 550 g/mol. The third kappa shape index (κ3) is 12.8. The summed E-state index contributed by atoms with van der Waals surface area (Å²) in [6, 6.07) is 1.68. The molecule has 0 heterocycles. The van der Waals surface area contributed by atoms with Crippen LogP contribution in [0.2, 0.25) is 0 Å². The molecule has 0 saturated carbocycles. The second kappa shape index (κ2) is 18.1. The minimum Gasteiger partial charge on any atom is -0.508 e. The highest BCUT2D eigenvalue weighted by atomic mass is 16.3. The molecule has 0 aliphatic heterocycles. The number of nitrogens with two attached hydrogens (primary N) is 4. The van der Waals surface area contributed by atoms with Gasteiger partial charge < -0.3 is 54.4 Å². The second-order valence-corrected chi connectivity index (χ2v) is 9.78. The number of carbonyl (C=O) groups is 5. The summed E-state index contributed by atoms with van der Waals surface area (Å²) in [5, 5.41) is 28.7. The van der Waals surface area contributed by atoms with Gasteiger partial charge in [0.1, 0.15) is 23.9 Å². The van der Waals surface area contributed by atoms with Crippen LogP contribution in [0.4, 0.5) is 0 Å². The van der Waals surface area contributed by atoms with Crippen LogP contribution in [0.5, 0.6) is 5.75 Å². The average Bonchev–Trinajstić information content (AvgIpc) is 2.94. The van der Waals surface area contributed by atoms with E-state index in [1.54, 1.807) is 19.1 Å². The molecule has 1 rings (SSSR count). The number of aromatic hydroxyl groups is 1. The summed E-state index contributed by atoms with van der Waals surface area (Å²) in [5.41, 5.74) is 22.5. The monoisotopic (exact) mass is 593 g/mol. The van der Waals surface area contributed by atoms with Crippen molar-refractivity contribution in [1.29, 1.82) is 0 Å². The smallest absolute Gasteiger partial charge is 0.245 e. The molecule has 0 spiro atoms. The van der Waals surface area contributed by atoms with E-state index in [0.717, 1.165) is 0 Å². The SMILES string of the molecule is CC[C@H](C)[C@H](NC(=O)[C@H](N)Cc1ccc(O)cc1)C(=O)NCC(=O)N[C@H](CO)C(=O)N[C@@H](CCCN=C(N)N)C(N)=O. The first-order chi connectivity index (χ1) is 19.8. The van der Waals surface area contributed by atoms with Gasteiger partial charge in [0, 0.05) is 6.54 Å². The van der Waals surface area contributed by atoms with Gasteiger partial charge in [0.25, 0.3) is 0 Å². The molecule has 16 heteroatoms. The summed E-state index contributed by atoms with van der Waals surface area (Å²) in [7, 11) is 0. The molecule has 0 bridgehead atoms. The van der Waals surface area contributed by atoms with Crippen molar-refractivity contribution >= 4 is 35.5 Å². The van der Waals surface area contributed by atoms with Crippen LogP contribution >= 0.6 is 0 Å². The van der Waals surface area contributed by atoms with Crippen LogP contribution in [0.15, 0.2) is 29.3 Å². The Kier molecular flexibility index (Phi) is 15.3. The van der Waals surface area contributed by atoms with Crippen molar-refractivity contribution in [3.05, 3.63) is 29.8 Å². The zero-order valence-electron chi connectivity index (χ0n) is 23.8. The molecule has 0 saturated heterocycles. The van der Waals surface area contributed by atoms with Gasteiger partial charge in [-0.2, -0.15) is 0 Å². The van der Waals surface area contributed by atoms with Gasteiger partial charge in [0.05, 0.1) is 19.2 Å². The molecule has 1 aromatic rings. The predicted octanol–water partition coefficient (Wildman–Crippen LogP) is -3.59. The molecule has 1 aromatic carbocycles. The molecule has 0 aromatic heterocycles. The number of phenols is 1. The number of amides is 5. The van der Waals surface area contributed by atoms with E-state index in [0.29, 0.717) is 18.4 Å². The van der Waals surface area contributed by atoms with Crippen LogP contribution in [0.1, 0.15) is 38.7 Å². The summed E-state index contributed by atoms with van der Waals surface area (Å²) in [5.74, 6) is -4.09. The van der Waals surface area contributed by atoms with Crippen molar-refractivity contribution in [2.45, 2.75) is 63.7 Å². The number of carbonyl (C=O) groups excluding carboxylic acids is 5. The third-order valence-electron chi connectivity index (χ3n) is 6.38. The zero-order chi connectivity index (χ0) is 31.8. The number of aliphatic hydroxyl groups excluding tert-OH is 1. The molecule has 0 fully saturated rings. The van der Waals surface area contributed by atoms with Gasteiger partial charge in [-0.05, 0) is 42.9 Å². The summed E-state index contributed by atoms with van der Waals surface area (Å²) < 4.78 is 0. The number of aliphatic imine (C=N–C) groups is 1. The number of primary amides is 1. The maximum absolute atomic E-state index is 12.9. The lowest BCUT2D eigenvalue weighted by Crippen LogP contribution is -2.57. The topological polar surface area (TPSA) is 290 Å². The number of guanidine groups is 1. The number of rotatable bonds is 18. The molecule has 0 aliphatic rings. The maximum atomic E-state index is 12.9. The van der Waals surface area contributed by atoms with Crippen molar-refractivity contribution in [3.8, 4) is 5.75 Å². The number of aliphatic hydroxyl groups is 1. The number of nitrogens with zero attached hydrogens (tertiary/aromatic N) is 1. The third-order valence-corrected chi connectivity index (χ3v) is 6.38. The number of hydrogen-bond acceptors (Lipinski definition) is 9. The van der Waals surface area contributed by atoms with Crippen molar-refractivity contribution < 1.29 is 34.2 Å². The Morgan fingerprint density at radius 2 is 1.57 bits per heavy atom. The fraction of sp³-hybridized carbons (Fsp3) is 0.538. The highest BCUT2D eigenvalue weighted by molar-refractivity contribution is 5.94. The summed E-state index contributed by atoms with van der Waals surface area (Å²) in [6.07, 6.45) is 1.13. The lowest BCUT2D eigenvalue weighted by Gasteiger charge is -2.25. The maximum Gasteiger partial charge on any atom is 0.245 e. The van der Waals surface area contributed by atoms with Crippen LogP contribution < -0.4 is 44.2 Å². The van der Waals surface area contributed by atoms with E-state index < -0.39 is 66.9 Å². The summed E-state index contributed by atoms with van der Waals surface area (Å²) >= 11 is 0. The first-order valence-electron chi connectivity index (χ1n) is 13.5. The zero-order valence-corrected chi connectivity index (χ0v) is 23.8. The van der Waals surface area contributed by atoms with E-state index in [2.05, 4.69) is 26.3 Å². The van der Waals surface area contributed by atoms with Gasteiger partial charge in [0.2, 0.25) is 29.5 Å². The Labute approximate surface area is 244 Å². The van der Waals surface area contributed by atoms with E-state index in [-0.39, 0.29) is 37.0 Å². The van der Waals surface area contributed by atoms with Crippen molar-refractivity contribution in [2.24, 2.45) is 33.8 Å². The lowest BCUT2D eigenvalue weighted by atomic mass is 9.97. The van der Waals surface area contributed by atoms with Gasteiger partial charge in [-0.3, -0.25) is 29.0 Å². The summed E-state index contributed by atoms with van der Waals surface area (Å²) in [6.45, 7) is 2.40. The first-order valence-corrected chi connectivity index (χ1v) is 13.5. The van der Waals surface area contributed by atoms with Crippen molar-refractivity contribution in [3.63, 3.8) is 0 Å². The highest BCUT2D eigenvalue weighted by Gasteiger charge is 2.29. The Morgan fingerprint density at radius 3 is 2.12 bits per heavy atom. The fourth-order valence-corrected chi connectivity index (χ4v) is 3.72. The molecule has 14 N–H and O–H groups in total. The molecule has 0 radical (unpaired) electrons. The highest BCUT2D eigenvalue weighted by Crippen LogP contribution is 2.12. The molecule has 0 unspecified atom stereocenters. The molecule has 5 atom stereocenters. The molecule has 5 amide bonds. The Balaban J connectivity index is 2.70. The minimum atomic E-state index is -1.43. The van der Waals surface area contributed by atoms with Crippen molar-refractivity contribution in [2.75, 3.05) is 19.7 Å². The van der Waals surface area contributed by atoms with Gasteiger partial charge in [-0.25, -0.2) is 0 Å². The first kappa shape index (κ1) is 35.6. The second-order valence-electron chi connectivity index (χ2n) is 9.78. The largest absolute Gasteiger partial charge is 0.508 e. The van der Waals surface area contributed by atoms with E-state index in [4.69, 9.17) is 22.9 Å². The fourth-order valence-electron chi connectivity index (χ4n) is 3.72. The normalized spacial score (nSPS) is 14.3. The van der Waals surface area contributed by atoms with Crippen LogP contribution in [-0.2, 0) is 30.4 Å². The van der Waals surface area contributed by atoms with Crippen LogP contribution in [0.25, 0.3) is 0 Å². The molecule has 42 heavy (non-hydrogen) atoms. The predicted molar refractivity (Wildman–Crippen MR) is 154 cm³/mol. The Bertz CT molecular complexity index is 1090. The van der Waals surface area contributed by atoms with Gasteiger partial charge in [-0.15, -0.1) is 0 Å². The quantitative estimate of drug-likeness (QED) is 0.0453. The van der Waals surface area contributed by atoms with E-state index in [9.17, 15) is 34.2 Å². The van der Waals surface area contributed by atoms with Gasteiger partial charge in [-0.1, -0.05) is 32.4 Å². The van der Waals surface area contributed by atoms with Crippen molar-refractivity contribution in [1.82, 2.24) is 21.3 Å². The van der Waals surface area contributed by atoms with Crippen LogP contribution in [-0.4, -0.2) is 89.6 Å². The van der Waals surface area contributed by atoms with E-state index >= 15 is 0 Å². The number of benzene rings is 1. The molecule has 16 nitrogen and oxygen atoms in total. The van der Waals surface area contributed by atoms with Gasteiger partial charge >= 0.3 is 0 Å². The Hall–Kier alpha value is -4.44. The summed E-state index contributed by atoms with van der Waals surface area (Å²) in [4.78, 5) is 66.1. The van der Waals surface area contributed by atoms with E-state index in [1.807, 2.05) is 6.92 Å². The average molecular weight is 594 g/mol. The van der Waals surface area contributed by atoms with Crippen LogP contribution in [0.3, 0.4) is 0 Å². The van der Waals surface area contributed by atoms with Crippen LogP contribution in [0, 0.1) is 5.92 Å². The molecule has 0 aliphatic carbocycles. The number of nitrogens with one attached hydrogen (secondary N) is 4. The Morgan fingerprint density at radius 1 is 0.929 bits per heavy atom. The lowest BCUT2D eigenvalue weighted by molar-refractivity contribution is -0.133. The standard InChI is InChI=1S/C26H43N9O7/c1-3-14(2)21(35-23(40)17(27)11-15-6-8-16(37)9-7-15)25(42)32-12-20(38)33-19(13-36)24(41)34-18(22(28)39)5-4-10-31-26(29)30/h6-9,14,17-19,21,36-37H,3-5,10-13,27H2,1-2H3,(H2,28,39)(H,32,42)(H,33,38)(H,34,41)(H,35,40)(H4,29,30,31)/t14-,17+,18-,19+,21-/m0/s1. The van der Waals surface area contributed by atoms with E-state index in [1.165, 1.54) is 12.1 Å². The molecule has 234 valence electrons.